The molecule has 1 aromatic rings. The number of hydrogen-bond donors (Lipinski definition) is 4. The van der Waals surface area contributed by atoms with Crippen LogP contribution in [0.25, 0.3) is 0 Å². The molecule has 18 heavy (non-hydrogen) atoms. The summed E-state index contributed by atoms with van der Waals surface area (Å²) < 4.78 is 0. The van der Waals surface area contributed by atoms with E-state index in [1.165, 1.54) is 0 Å². The molecular weight excluding hydrogens is 242 g/mol. The number of carboxylic acid groups (broad SMARTS) is 1. The second kappa shape index (κ2) is 5.30. The molecule has 1 heterocycles. The van der Waals surface area contributed by atoms with E-state index in [2.05, 4.69) is 10.3 Å². The fourth-order valence-corrected chi connectivity index (χ4v) is 1.31. The number of rotatable bonds is 4. The molecule has 0 fully saturated rings. The van der Waals surface area contributed by atoms with Gasteiger partial charge < -0.3 is 15.4 Å². The summed E-state index contributed by atoms with van der Waals surface area (Å²) in [4.78, 5) is 48.7. The van der Waals surface area contributed by atoms with Gasteiger partial charge in [-0.1, -0.05) is 13.8 Å². The van der Waals surface area contributed by atoms with Gasteiger partial charge in [-0.25, -0.2) is 9.59 Å². The second-order valence-electron chi connectivity index (χ2n) is 4.02. The molecule has 0 aliphatic carbocycles. The lowest BCUT2D eigenvalue weighted by molar-refractivity contribution is -0.140. The average molecular weight is 255 g/mol. The molecular formula is C10H13N3O5. The molecule has 8 heteroatoms. The zero-order valence-electron chi connectivity index (χ0n) is 9.81. The van der Waals surface area contributed by atoms with Crippen LogP contribution in [-0.4, -0.2) is 33.0 Å². The van der Waals surface area contributed by atoms with Gasteiger partial charge in [-0.3, -0.25) is 14.6 Å². The van der Waals surface area contributed by atoms with Crippen LogP contribution >= 0.6 is 0 Å². The molecule has 1 atom stereocenters. The third-order valence-electron chi connectivity index (χ3n) is 2.28. The average Bonchev–Trinajstić information content (AvgIpc) is 2.24. The smallest absolute Gasteiger partial charge is 0.326 e. The molecule has 0 aliphatic rings. The fraction of sp³-hybridized carbons (Fsp3) is 0.400. The summed E-state index contributed by atoms with van der Waals surface area (Å²) in [6.07, 6.45) is 0.940. The lowest BCUT2D eigenvalue weighted by Gasteiger charge is -2.17. The molecule has 4 N–H and O–H groups in total. The van der Waals surface area contributed by atoms with Crippen molar-refractivity contribution in [2.24, 2.45) is 5.92 Å². The first-order valence-electron chi connectivity index (χ1n) is 5.18. The van der Waals surface area contributed by atoms with Crippen molar-refractivity contribution in [3.8, 4) is 0 Å². The van der Waals surface area contributed by atoms with Crippen LogP contribution in [0.1, 0.15) is 24.2 Å². The molecule has 0 spiro atoms. The Morgan fingerprint density at radius 2 is 1.94 bits per heavy atom. The van der Waals surface area contributed by atoms with Gasteiger partial charge in [0.1, 0.15) is 11.6 Å². The number of aliphatic carboxylic acids is 1. The molecule has 0 unspecified atom stereocenters. The summed E-state index contributed by atoms with van der Waals surface area (Å²) in [5, 5.41) is 11.1. The Balaban J connectivity index is 2.98. The van der Waals surface area contributed by atoms with Gasteiger partial charge in [0.15, 0.2) is 0 Å². The highest BCUT2D eigenvalue weighted by atomic mass is 16.4. The third kappa shape index (κ3) is 3.06. The summed E-state index contributed by atoms with van der Waals surface area (Å²) in [5.41, 5.74) is -1.96. The van der Waals surface area contributed by atoms with Crippen molar-refractivity contribution in [3.63, 3.8) is 0 Å². The Hall–Kier alpha value is -2.38. The minimum absolute atomic E-state index is 0.340. The van der Waals surface area contributed by atoms with Crippen LogP contribution in [0.2, 0.25) is 0 Å². The maximum atomic E-state index is 11.7. The molecule has 0 aliphatic heterocycles. The van der Waals surface area contributed by atoms with Gasteiger partial charge in [-0.05, 0) is 5.92 Å². The van der Waals surface area contributed by atoms with E-state index >= 15 is 0 Å². The second-order valence-corrected chi connectivity index (χ2v) is 4.02. The molecule has 0 saturated carbocycles. The number of carbonyl (C=O) groups excluding carboxylic acids is 1. The largest absolute Gasteiger partial charge is 0.480 e. The first-order valence-corrected chi connectivity index (χ1v) is 5.18. The molecule has 1 rings (SSSR count). The topological polar surface area (TPSA) is 132 Å². The van der Waals surface area contributed by atoms with Crippen LogP contribution in [0.4, 0.5) is 0 Å². The normalized spacial score (nSPS) is 12.2. The standard InChI is InChI=1S/C10H13N3O5/c1-4(2)6(9(16)17)12-7(14)5-3-11-10(18)13-8(5)15/h3-4,6H,1-2H3,(H,12,14)(H,16,17)(H2,11,13,15,18)/t6-/m0/s1. The van der Waals surface area contributed by atoms with E-state index in [0.717, 1.165) is 6.20 Å². The monoisotopic (exact) mass is 255 g/mol. The highest BCUT2D eigenvalue weighted by Gasteiger charge is 2.24. The van der Waals surface area contributed by atoms with Crippen LogP contribution in [0.3, 0.4) is 0 Å². The number of amides is 1. The van der Waals surface area contributed by atoms with E-state index in [-0.39, 0.29) is 11.5 Å². The Bertz CT molecular complexity index is 571. The molecule has 1 aromatic heterocycles. The van der Waals surface area contributed by atoms with E-state index < -0.39 is 29.2 Å². The zero-order valence-corrected chi connectivity index (χ0v) is 9.81. The number of nitrogens with one attached hydrogen (secondary N) is 3. The summed E-state index contributed by atoms with van der Waals surface area (Å²) in [7, 11) is 0. The van der Waals surface area contributed by atoms with Crippen molar-refractivity contribution in [2.45, 2.75) is 19.9 Å². The first-order chi connectivity index (χ1) is 8.32. The van der Waals surface area contributed by atoms with Gasteiger partial charge in [0, 0.05) is 6.20 Å². The van der Waals surface area contributed by atoms with Crippen molar-refractivity contribution in [1.29, 1.82) is 0 Å². The number of hydrogen-bond acceptors (Lipinski definition) is 4. The van der Waals surface area contributed by atoms with Crippen LogP contribution < -0.4 is 16.6 Å². The highest BCUT2D eigenvalue weighted by molar-refractivity contribution is 5.96. The van der Waals surface area contributed by atoms with Crippen LogP contribution in [0, 0.1) is 5.92 Å². The molecule has 8 nitrogen and oxygen atoms in total. The van der Waals surface area contributed by atoms with Gasteiger partial charge in [-0.2, -0.15) is 0 Å². The SMILES string of the molecule is CC(C)[C@H](NC(=O)c1c[nH]c(=O)[nH]c1=O)C(=O)O. The van der Waals surface area contributed by atoms with Crippen molar-refractivity contribution in [1.82, 2.24) is 15.3 Å². The van der Waals surface area contributed by atoms with E-state index in [0.29, 0.717) is 0 Å². The lowest BCUT2D eigenvalue weighted by atomic mass is 10.0. The number of H-pyrrole nitrogens is 2. The fourth-order valence-electron chi connectivity index (χ4n) is 1.31. The maximum Gasteiger partial charge on any atom is 0.326 e. The lowest BCUT2D eigenvalue weighted by Crippen LogP contribution is -2.46. The van der Waals surface area contributed by atoms with Crippen molar-refractivity contribution < 1.29 is 14.7 Å². The summed E-state index contributed by atoms with van der Waals surface area (Å²) in [5.74, 6) is -2.39. The third-order valence-corrected chi connectivity index (χ3v) is 2.28. The molecule has 0 bridgehead atoms. The summed E-state index contributed by atoms with van der Waals surface area (Å²) in [6, 6.07) is -1.11. The van der Waals surface area contributed by atoms with Crippen LogP contribution in [0.15, 0.2) is 15.8 Å². The van der Waals surface area contributed by atoms with Gasteiger partial charge in [-0.15, -0.1) is 0 Å². The summed E-state index contributed by atoms with van der Waals surface area (Å²) in [6.45, 7) is 3.24. The van der Waals surface area contributed by atoms with E-state index in [1.54, 1.807) is 13.8 Å². The Labute approximate surface area is 101 Å². The summed E-state index contributed by atoms with van der Waals surface area (Å²) >= 11 is 0. The number of carbonyl (C=O) groups is 2. The van der Waals surface area contributed by atoms with Crippen LogP contribution in [0.5, 0.6) is 0 Å². The van der Waals surface area contributed by atoms with E-state index in [4.69, 9.17) is 5.11 Å². The van der Waals surface area contributed by atoms with Gasteiger partial charge >= 0.3 is 11.7 Å². The minimum Gasteiger partial charge on any atom is -0.480 e. The van der Waals surface area contributed by atoms with Gasteiger partial charge in [0.2, 0.25) is 0 Å². The quantitative estimate of drug-likeness (QED) is 0.542. The van der Waals surface area contributed by atoms with E-state index in [9.17, 15) is 19.2 Å². The van der Waals surface area contributed by atoms with Crippen molar-refractivity contribution in [3.05, 3.63) is 32.6 Å². The maximum absolute atomic E-state index is 11.7. The zero-order chi connectivity index (χ0) is 13.9. The predicted octanol–water partition coefficient (Wildman–Crippen LogP) is -1.10. The first kappa shape index (κ1) is 13.7. The Morgan fingerprint density at radius 1 is 1.33 bits per heavy atom. The predicted molar refractivity (Wildman–Crippen MR) is 61.4 cm³/mol. The molecule has 1 amide bonds. The molecule has 0 radical (unpaired) electrons. The minimum atomic E-state index is -1.20. The highest BCUT2D eigenvalue weighted by Crippen LogP contribution is 2.02. The molecule has 0 aromatic carbocycles. The Morgan fingerprint density at radius 3 is 2.39 bits per heavy atom. The van der Waals surface area contributed by atoms with Gasteiger partial charge in [0.25, 0.3) is 11.5 Å². The van der Waals surface area contributed by atoms with Crippen molar-refractivity contribution in [2.75, 3.05) is 0 Å². The van der Waals surface area contributed by atoms with Crippen molar-refractivity contribution >= 4 is 11.9 Å². The van der Waals surface area contributed by atoms with E-state index in [1.807, 2.05) is 4.98 Å². The number of carboxylic acids is 1. The number of aromatic nitrogens is 2. The van der Waals surface area contributed by atoms with Gasteiger partial charge in [0.05, 0.1) is 0 Å². The Kier molecular flexibility index (Phi) is 4.03. The number of aromatic amines is 2. The van der Waals surface area contributed by atoms with Crippen LogP contribution in [-0.2, 0) is 4.79 Å². The molecule has 0 saturated heterocycles. The molecule has 98 valence electrons.